The van der Waals surface area contributed by atoms with Gasteiger partial charge in [0.2, 0.25) is 5.91 Å². The second-order valence-electron chi connectivity index (χ2n) is 7.85. The van der Waals surface area contributed by atoms with Crippen LogP contribution in [0.1, 0.15) is 48.2 Å². The monoisotopic (exact) mass is 397 g/mol. The normalized spacial score (nSPS) is 12.4. The number of hydrogen-bond donors (Lipinski definition) is 1. The largest absolute Gasteiger partial charge is 0.342 e. The quantitative estimate of drug-likeness (QED) is 0.664. The molecule has 7 heteroatoms. The SMILES string of the molecule is Cc1nn(CC(C)C)c(C)c1CC(=O)NC(c1cccc(F)c1)c1nccn1C. The van der Waals surface area contributed by atoms with E-state index in [0.717, 1.165) is 23.5 Å². The van der Waals surface area contributed by atoms with Gasteiger partial charge in [-0.3, -0.25) is 9.48 Å². The maximum atomic E-state index is 13.8. The highest BCUT2D eigenvalue weighted by Crippen LogP contribution is 2.22. The molecule has 0 radical (unpaired) electrons. The van der Waals surface area contributed by atoms with Gasteiger partial charge in [-0.25, -0.2) is 9.37 Å². The summed E-state index contributed by atoms with van der Waals surface area (Å²) in [6, 6.07) is 5.70. The third kappa shape index (κ3) is 4.72. The van der Waals surface area contributed by atoms with Crippen molar-refractivity contribution in [3.8, 4) is 0 Å². The van der Waals surface area contributed by atoms with Crippen LogP contribution in [0.2, 0.25) is 0 Å². The molecule has 3 aromatic rings. The summed E-state index contributed by atoms with van der Waals surface area (Å²) in [5.74, 6) is 0.610. The highest BCUT2D eigenvalue weighted by Gasteiger charge is 2.23. The summed E-state index contributed by atoms with van der Waals surface area (Å²) < 4.78 is 17.6. The van der Waals surface area contributed by atoms with Gasteiger partial charge < -0.3 is 9.88 Å². The Kier molecular flexibility index (Phi) is 6.15. The molecule has 1 N–H and O–H groups in total. The standard InChI is InChI=1S/C22H28FN5O/c1-14(2)13-28-16(4)19(15(3)26-28)12-20(29)25-21(22-24-9-10-27(22)5)17-7-6-8-18(23)11-17/h6-11,14,21H,12-13H2,1-5H3,(H,25,29). The van der Waals surface area contributed by atoms with Crippen LogP contribution in [0.4, 0.5) is 4.39 Å². The predicted molar refractivity (Wildman–Crippen MR) is 110 cm³/mol. The Morgan fingerprint density at radius 3 is 2.66 bits per heavy atom. The van der Waals surface area contributed by atoms with Gasteiger partial charge in [0.05, 0.1) is 12.1 Å². The van der Waals surface area contributed by atoms with Crippen LogP contribution in [0.5, 0.6) is 0 Å². The van der Waals surface area contributed by atoms with Gasteiger partial charge in [-0.2, -0.15) is 5.10 Å². The van der Waals surface area contributed by atoms with E-state index < -0.39 is 6.04 Å². The van der Waals surface area contributed by atoms with E-state index in [1.165, 1.54) is 12.1 Å². The number of carbonyl (C=O) groups is 1. The van der Waals surface area contributed by atoms with Gasteiger partial charge in [-0.05, 0) is 37.5 Å². The number of aryl methyl sites for hydroxylation is 2. The fourth-order valence-corrected chi connectivity index (χ4v) is 3.52. The van der Waals surface area contributed by atoms with E-state index in [-0.39, 0.29) is 18.1 Å². The molecule has 0 aliphatic heterocycles. The average Bonchev–Trinajstić information content (AvgIpc) is 3.18. The summed E-state index contributed by atoms with van der Waals surface area (Å²) in [5, 5.41) is 7.62. The van der Waals surface area contributed by atoms with Gasteiger partial charge in [-0.15, -0.1) is 0 Å². The summed E-state index contributed by atoms with van der Waals surface area (Å²) >= 11 is 0. The molecule has 154 valence electrons. The molecule has 1 aromatic carbocycles. The summed E-state index contributed by atoms with van der Waals surface area (Å²) in [5.41, 5.74) is 3.45. The van der Waals surface area contributed by atoms with Crippen molar-refractivity contribution in [2.75, 3.05) is 0 Å². The Balaban J connectivity index is 1.85. The summed E-state index contributed by atoms with van der Waals surface area (Å²) in [6.45, 7) is 9.01. The number of imidazole rings is 1. The Bertz CT molecular complexity index is 1000. The van der Waals surface area contributed by atoms with Crippen molar-refractivity contribution in [3.63, 3.8) is 0 Å². The van der Waals surface area contributed by atoms with Gasteiger partial charge >= 0.3 is 0 Å². The lowest BCUT2D eigenvalue weighted by Crippen LogP contribution is -2.32. The third-order valence-electron chi connectivity index (χ3n) is 5.01. The molecule has 1 atom stereocenters. The van der Waals surface area contributed by atoms with Crippen molar-refractivity contribution in [2.24, 2.45) is 13.0 Å². The molecule has 2 heterocycles. The molecule has 0 saturated carbocycles. The summed E-state index contributed by atoms with van der Waals surface area (Å²) in [6.07, 6.45) is 3.68. The number of halogens is 1. The van der Waals surface area contributed by atoms with Crippen molar-refractivity contribution >= 4 is 5.91 Å². The van der Waals surface area contributed by atoms with Gasteiger partial charge in [0.15, 0.2) is 0 Å². The topological polar surface area (TPSA) is 64.7 Å². The number of amides is 1. The number of aromatic nitrogens is 4. The molecule has 1 unspecified atom stereocenters. The minimum atomic E-state index is -0.537. The minimum absolute atomic E-state index is 0.155. The van der Waals surface area contributed by atoms with Gasteiger partial charge in [0.1, 0.15) is 17.7 Å². The maximum absolute atomic E-state index is 13.8. The van der Waals surface area contributed by atoms with E-state index in [2.05, 4.69) is 29.2 Å². The molecular weight excluding hydrogens is 369 g/mol. The molecule has 0 spiro atoms. The third-order valence-corrected chi connectivity index (χ3v) is 5.01. The predicted octanol–water partition coefficient (Wildman–Crippen LogP) is 3.48. The second-order valence-corrected chi connectivity index (χ2v) is 7.85. The number of nitrogens with one attached hydrogen (secondary N) is 1. The van der Waals surface area contributed by atoms with Crippen molar-refractivity contribution in [2.45, 2.75) is 46.7 Å². The van der Waals surface area contributed by atoms with E-state index in [1.54, 1.807) is 24.5 Å². The fraction of sp³-hybridized carbons (Fsp3) is 0.409. The molecular formula is C22H28FN5O. The average molecular weight is 397 g/mol. The lowest BCUT2D eigenvalue weighted by molar-refractivity contribution is -0.121. The van der Waals surface area contributed by atoms with E-state index in [9.17, 15) is 9.18 Å². The first-order chi connectivity index (χ1) is 13.8. The number of benzene rings is 1. The van der Waals surface area contributed by atoms with Crippen LogP contribution in [0.3, 0.4) is 0 Å². The Morgan fingerprint density at radius 1 is 1.28 bits per heavy atom. The van der Waals surface area contributed by atoms with Crippen LogP contribution < -0.4 is 5.32 Å². The molecule has 29 heavy (non-hydrogen) atoms. The van der Waals surface area contributed by atoms with E-state index in [4.69, 9.17) is 0 Å². The van der Waals surface area contributed by atoms with Crippen LogP contribution >= 0.6 is 0 Å². The van der Waals surface area contributed by atoms with Gasteiger partial charge in [-0.1, -0.05) is 26.0 Å². The maximum Gasteiger partial charge on any atom is 0.225 e. The lowest BCUT2D eigenvalue weighted by Gasteiger charge is -2.19. The van der Waals surface area contributed by atoms with E-state index in [0.29, 0.717) is 17.3 Å². The molecule has 0 aliphatic carbocycles. The van der Waals surface area contributed by atoms with E-state index in [1.807, 2.05) is 30.1 Å². The van der Waals surface area contributed by atoms with Crippen LogP contribution in [0.15, 0.2) is 36.7 Å². The number of nitrogens with zero attached hydrogens (tertiary/aromatic N) is 4. The Labute approximate surface area is 170 Å². The van der Waals surface area contributed by atoms with Crippen molar-refractivity contribution in [3.05, 3.63) is 70.8 Å². The number of hydrogen-bond acceptors (Lipinski definition) is 3. The Hall–Kier alpha value is -2.96. The smallest absolute Gasteiger partial charge is 0.225 e. The fourth-order valence-electron chi connectivity index (χ4n) is 3.52. The molecule has 6 nitrogen and oxygen atoms in total. The van der Waals surface area contributed by atoms with E-state index >= 15 is 0 Å². The molecule has 2 aromatic heterocycles. The molecule has 0 aliphatic rings. The molecule has 1 amide bonds. The first kappa shape index (κ1) is 20.8. The molecule has 0 bridgehead atoms. The van der Waals surface area contributed by atoms with Crippen molar-refractivity contribution in [1.29, 1.82) is 0 Å². The molecule has 0 fully saturated rings. The van der Waals surface area contributed by atoms with Crippen LogP contribution in [-0.4, -0.2) is 25.2 Å². The minimum Gasteiger partial charge on any atom is -0.342 e. The van der Waals surface area contributed by atoms with Crippen LogP contribution in [-0.2, 0) is 24.8 Å². The first-order valence-electron chi connectivity index (χ1n) is 9.81. The van der Waals surface area contributed by atoms with Gasteiger partial charge in [0.25, 0.3) is 0 Å². The zero-order chi connectivity index (χ0) is 21.1. The summed E-state index contributed by atoms with van der Waals surface area (Å²) in [7, 11) is 1.85. The highest BCUT2D eigenvalue weighted by molar-refractivity contribution is 5.80. The lowest BCUT2D eigenvalue weighted by atomic mass is 10.0. The van der Waals surface area contributed by atoms with Gasteiger partial charge in [0, 0.05) is 37.2 Å². The van der Waals surface area contributed by atoms with Crippen LogP contribution in [0, 0.1) is 25.6 Å². The Morgan fingerprint density at radius 2 is 2.03 bits per heavy atom. The van der Waals surface area contributed by atoms with Crippen LogP contribution in [0.25, 0.3) is 0 Å². The zero-order valence-corrected chi connectivity index (χ0v) is 17.6. The first-order valence-corrected chi connectivity index (χ1v) is 9.81. The second kappa shape index (κ2) is 8.59. The highest BCUT2D eigenvalue weighted by atomic mass is 19.1. The number of carbonyl (C=O) groups excluding carboxylic acids is 1. The number of rotatable bonds is 7. The van der Waals surface area contributed by atoms with Crippen molar-refractivity contribution < 1.29 is 9.18 Å². The molecule has 3 rings (SSSR count). The molecule has 0 saturated heterocycles. The zero-order valence-electron chi connectivity index (χ0n) is 17.6. The summed E-state index contributed by atoms with van der Waals surface area (Å²) in [4.78, 5) is 17.3. The van der Waals surface area contributed by atoms with Crippen molar-refractivity contribution in [1.82, 2.24) is 24.6 Å².